The van der Waals surface area contributed by atoms with Crippen molar-refractivity contribution >= 4 is 40.3 Å². The number of amides is 4. The van der Waals surface area contributed by atoms with Crippen molar-refractivity contribution in [3.05, 3.63) is 60.2 Å². The second kappa shape index (κ2) is 9.97. The molecule has 0 bridgehead atoms. The highest BCUT2D eigenvalue weighted by molar-refractivity contribution is 8.13. The Morgan fingerprint density at radius 2 is 1.69 bits per heavy atom. The largest absolute Gasteiger partial charge is 0.350 e. The van der Waals surface area contributed by atoms with Crippen molar-refractivity contribution in [1.82, 2.24) is 10.2 Å². The molecule has 1 heterocycles. The van der Waals surface area contributed by atoms with Crippen LogP contribution in [0.2, 0.25) is 0 Å². The molecule has 1 atom stereocenters. The lowest BCUT2D eigenvalue weighted by Gasteiger charge is -2.17. The topological polar surface area (TPSA) is 90.5 Å². The number of anilines is 2. The summed E-state index contributed by atoms with van der Waals surface area (Å²) in [7, 11) is 0. The van der Waals surface area contributed by atoms with Crippen LogP contribution in [-0.2, 0) is 4.79 Å². The van der Waals surface area contributed by atoms with E-state index >= 15 is 0 Å². The van der Waals surface area contributed by atoms with Crippen LogP contribution in [0.25, 0.3) is 0 Å². The molecule has 8 heteroatoms. The highest BCUT2D eigenvalue weighted by Gasteiger charge is 2.21. The second-order valence-corrected chi connectivity index (χ2v) is 7.75. The van der Waals surface area contributed by atoms with Gasteiger partial charge in [-0.15, -0.1) is 0 Å². The molecule has 1 fully saturated rings. The van der Waals surface area contributed by atoms with Crippen molar-refractivity contribution in [3.63, 3.8) is 0 Å². The minimum atomic E-state index is -0.320. The fourth-order valence-corrected chi connectivity index (χ4v) is 3.78. The van der Waals surface area contributed by atoms with Crippen LogP contribution in [-0.4, -0.2) is 40.9 Å². The maximum Gasteiger partial charge on any atom is 0.323 e. The number of urea groups is 1. The number of carbonyl (C=O) groups is 3. The van der Waals surface area contributed by atoms with Crippen LogP contribution >= 0.6 is 11.8 Å². The first-order valence-electron chi connectivity index (χ1n) is 9.45. The van der Waals surface area contributed by atoms with Crippen LogP contribution in [0.15, 0.2) is 54.6 Å². The number of para-hydroxylation sites is 1. The van der Waals surface area contributed by atoms with E-state index in [4.69, 9.17) is 0 Å². The van der Waals surface area contributed by atoms with Crippen LogP contribution in [0.4, 0.5) is 21.0 Å². The Morgan fingerprint density at radius 3 is 2.31 bits per heavy atom. The zero-order valence-corrected chi connectivity index (χ0v) is 17.0. The zero-order valence-electron chi connectivity index (χ0n) is 16.2. The first-order valence-corrected chi connectivity index (χ1v) is 10.4. The molecule has 0 spiro atoms. The van der Waals surface area contributed by atoms with Gasteiger partial charge in [-0.1, -0.05) is 42.1 Å². The molecule has 0 unspecified atom stereocenters. The number of hydrogen-bond acceptors (Lipinski definition) is 4. The van der Waals surface area contributed by atoms with E-state index < -0.39 is 0 Å². The number of thioether (sulfide) groups is 1. The molecule has 0 aliphatic carbocycles. The van der Waals surface area contributed by atoms with E-state index in [0.717, 1.165) is 11.3 Å². The molecular weight excluding hydrogens is 388 g/mol. The van der Waals surface area contributed by atoms with Crippen molar-refractivity contribution in [2.75, 3.05) is 29.5 Å². The fourth-order valence-electron chi connectivity index (χ4n) is 2.93. The van der Waals surface area contributed by atoms with Gasteiger partial charge in [0.05, 0.1) is 6.04 Å². The van der Waals surface area contributed by atoms with Crippen molar-refractivity contribution < 1.29 is 14.4 Å². The monoisotopic (exact) mass is 412 g/mol. The van der Waals surface area contributed by atoms with Gasteiger partial charge in [0.2, 0.25) is 5.91 Å². The van der Waals surface area contributed by atoms with Gasteiger partial charge in [-0.25, -0.2) is 4.79 Å². The van der Waals surface area contributed by atoms with Gasteiger partial charge in [0.1, 0.15) is 0 Å². The number of benzene rings is 2. The van der Waals surface area contributed by atoms with Gasteiger partial charge in [0.25, 0.3) is 5.24 Å². The van der Waals surface area contributed by atoms with Crippen LogP contribution in [0.3, 0.4) is 0 Å². The van der Waals surface area contributed by atoms with Gasteiger partial charge in [0, 0.05) is 36.6 Å². The van der Waals surface area contributed by atoms with Crippen LogP contribution in [0.1, 0.15) is 24.9 Å². The summed E-state index contributed by atoms with van der Waals surface area (Å²) in [6.45, 7) is 3.06. The molecule has 1 aliphatic rings. The Kier molecular flexibility index (Phi) is 7.13. The van der Waals surface area contributed by atoms with Crippen LogP contribution in [0.5, 0.6) is 0 Å². The highest BCUT2D eigenvalue weighted by atomic mass is 32.2. The molecule has 2 aromatic rings. The van der Waals surface area contributed by atoms with E-state index in [-0.39, 0.29) is 29.6 Å². The second-order valence-electron chi connectivity index (χ2n) is 6.71. The van der Waals surface area contributed by atoms with E-state index in [1.54, 1.807) is 17.0 Å². The summed E-state index contributed by atoms with van der Waals surface area (Å²) < 4.78 is 0. The Balaban J connectivity index is 1.45. The maximum absolute atomic E-state index is 12.2. The van der Waals surface area contributed by atoms with Crippen molar-refractivity contribution in [2.24, 2.45) is 0 Å². The SMILES string of the molecule is C[C@@H](NC(=O)CCN1CCSC1=O)c1ccc(NC(=O)Nc2ccccc2)cc1. The molecule has 0 radical (unpaired) electrons. The summed E-state index contributed by atoms with van der Waals surface area (Å²) in [5, 5.41) is 8.52. The number of hydrogen-bond donors (Lipinski definition) is 3. The Morgan fingerprint density at radius 1 is 1.03 bits per heavy atom. The molecule has 0 aromatic heterocycles. The average Bonchev–Trinajstić information content (AvgIpc) is 3.12. The summed E-state index contributed by atoms with van der Waals surface area (Å²) in [6.07, 6.45) is 0.288. The standard InChI is InChI=1S/C21H24N4O3S/c1-15(22-19(26)11-12-25-13-14-29-21(25)28)16-7-9-18(10-8-16)24-20(27)23-17-5-3-2-4-6-17/h2-10,15H,11-14H2,1H3,(H,22,26)(H2,23,24,27)/t15-/m1/s1. The van der Waals surface area contributed by atoms with Gasteiger partial charge >= 0.3 is 6.03 Å². The summed E-state index contributed by atoms with van der Waals surface area (Å²) in [4.78, 5) is 37.5. The lowest BCUT2D eigenvalue weighted by molar-refractivity contribution is -0.121. The lowest BCUT2D eigenvalue weighted by atomic mass is 10.1. The molecule has 2 aromatic carbocycles. The molecule has 3 N–H and O–H groups in total. The van der Waals surface area contributed by atoms with Crippen LogP contribution in [0, 0.1) is 0 Å². The Bertz CT molecular complexity index is 858. The first kappa shape index (κ1) is 20.7. The Hall–Kier alpha value is -3.00. The van der Waals surface area contributed by atoms with Gasteiger partial charge in [0.15, 0.2) is 0 Å². The van der Waals surface area contributed by atoms with Crippen molar-refractivity contribution in [3.8, 4) is 0 Å². The molecule has 29 heavy (non-hydrogen) atoms. The number of nitrogens with one attached hydrogen (secondary N) is 3. The first-order chi connectivity index (χ1) is 14.0. The van der Waals surface area contributed by atoms with Crippen molar-refractivity contribution in [1.29, 1.82) is 0 Å². The number of carbonyl (C=O) groups excluding carboxylic acids is 3. The summed E-state index contributed by atoms with van der Waals surface area (Å²) >= 11 is 1.29. The molecule has 0 saturated carbocycles. The number of rotatable bonds is 7. The van der Waals surface area contributed by atoms with E-state index in [1.165, 1.54) is 11.8 Å². The summed E-state index contributed by atoms with van der Waals surface area (Å²) in [5.74, 6) is 0.701. The average molecular weight is 413 g/mol. The summed E-state index contributed by atoms with van der Waals surface area (Å²) in [6, 6.07) is 16.0. The maximum atomic E-state index is 12.2. The molecule has 4 amide bonds. The molecule has 1 aliphatic heterocycles. The third kappa shape index (κ3) is 6.25. The molecular formula is C21H24N4O3S. The van der Waals surface area contributed by atoms with Gasteiger partial charge < -0.3 is 20.9 Å². The normalized spacial score (nSPS) is 14.4. The third-order valence-electron chi connectivity index (χ3n) is 4.53. The lowest BCUT2D eigenvalue weighted by Crippen LogP contribution is -2.32. The predicted molar refractivity (Wildman–Crippen MR) is 116 cm³/mol. The minimum absolute atomic E-state index is 0.0465. The van der Waals surface area contributed by atoms with Gasteiger partial charge in [-0.3, -0.25) is 9.59 Å². The third-order valence-corrected chi connectivity index (χ3v) is 5.42. The highest BCUT2D eigenvalue weighted by Crippen LogP contribution is 2.18. The molecule has 152 valence electrons. The molecule has 7 nitrogen and oxygen atoms in total. The van der Waals surface area contributed by atoms with Gasteiger partial charge in [-0.05, 0) is 36.8 Å². The smallest absolute Gasteiger partial charge is 0.323 e. The molecule has 1 saturated heterocycles. The number of nitrogens with zero attached hydrogens (tertiary/aromatic N) is 1. The Labute approximate surface area is 174 Å². The quantitative estimate of drug-likeness (QED) is 0.639. The summed E-state index contributed by atoms with van der Waals surface area (Å²) in [5.41, 5.74) is 2.30. The van der Waals surface area contributed by atoms with E-state index in [2.05, 4.69) is 16.0 Å². The van der Waals surface area contributed by atoms with Gasteiger partial charge in [-0.2, -0.15) is 0 Å². The van der Waals surface area contributed by atoms with E-state index in [0.29, 0.717) is 24.5 Å². The molecule has 3 rings (SSSR count). The minimum Gasteiger partial charge on any atom is -0.350 e. The van der Waals surface area contributed by atoms with E-state index in [1.807, 2.05) is 49.4 Å². The zero-order chi connectivity index (χ0) is 20.6. The fraction of sp³-hybridized carbons (Fsp3) is 0.286. The van der Waals surface area contributed by atoms with Crippen molar-refractivity contribution in [2.45, 2.75) is 19.4 Å². The van der Waals surface area contributed by atoms with Crippen LogP contribution < -0.4 is 16.0 Å². The van der Waals surface area contributed by atoms with E-state index in [9.17, 15) is 14.4 Å². The predicted octanol–water partition coefficient (Wildman–Crippen LogP) is 4.07.